The van der Waals surface area contributed by atoms with Crippen molar-refractivity contribution in [3.8, 4) is 6.07 Å². The van der Waals surface area contributed by atoms with Gasteiger partial charge in [0.15, 0.2) is 5.69 Å². The Morgan fingerprint density at radius 2 is 2.24 bits per heavy atom. The first-order valence-corrected chi connectivity index (χ1v) is 6.38. The molecule has 0 spiro atoms. The molecular formula is C10H13N3O3S. The lowest BCUT2D eigenvalue weighted by Crippen LogP contribution is -2.20. The van der Waals surface area contributed by atoms with Gasteiger partial charge in [-0.05, 0) is 25.5 Å². The summed E-state index contributed by atoms with van der Waals surface area (Å²) in [6.45, 7) is 3.08. The van der Waals surface area contributed by atoms with Gasteiger partial charge in [-0.3, -0.25) is 4.55 Å². The molecule has 0 saturated carbocycles. The van der Waals surface area contributed by atoms with Gasteiger partial charge in [-0.15, -0.1) is 0 Å². The number of nitrogens with two attached hydrogens (primary N) is 1. The summed E-state index contributed by atoms with van der Waals surface area (Å²) >= 11 is 0. The van der Waals surface area contributed by atoms with Crippen LogP contribution in [0.3, 0.4) is 0 Å². The van der Waals surface area contributed by atoms with Crippen LogP contribution in [-0.2, 0) is 16.5 Å². The zero-order chi connectivity index (χ0) is 13.2. The van der Waals surface area contributed by atoms with E-state index in [1.54, 1.807) is 13.0 Å². The fourth-order valence-corrected chi connectivity index (χ4v) is 1.72. The Balaban J connectivity index is 3.10. The van der Waals surface area contributed by atoms with Gasteiger partial charge in [0.2, 0.25) is 0 Å². The molecule has 1 aromatic heterocycles. The predicted octanol–water partition coefficient (Wildman–Crippen LogP) is 0.663. The summed E-state index contributed by atoms with van der Waals surface area (Å²) in [7, 11) is -4.10. The number of hydrogen-bond donors (Lipinski definition) is 2. The van der Waals surface area contributed by atoms with Crippen molar-refractivity contribution in [3.05, 3.63) is 23.0 Å². The molecule has 0 aliphatic rings. The van der Waals surface area contributed by atoms with Crippen LogP contribution in [0.2, 0.25) is 0 Å². The van der Waals surface area contributed by atoms with Gasteiger partial charge < -0.3 is 5.73 Å². The average Bonchev–Trinajstić information content (AvgIpc) is 2.21. The van der Waals surface area contributed by atoms with E-state index in [9.17, 15) is 8.42 Å². The summed E-state index contributed by atoms with van der Waals surface area (Å²) < 4.78 is 30.6. The summed E-state index contributed by atoms with van der Waals surface area (Å²) in [5.74, 6) is 0. The number of nitrogens with zero attached hydrogens (tertiary/aromatic N) is 2. The molecule has 0 bridgehead atoms. The molecule has 1 atom stereocenters. The van der Waals surface area contributed by atoms with Gasteiger partial charge in [0.1, 0.15) is 6.07 Å². The van der Waals surface area contributed by atoms with Gasteiger partial charge in [0.05, 0.1) is 10.9 Å². The molecule has 92 valence electrons. The standard InChI is InChI=1S/C10H13N3O3S/c1-6-3-8(4-7(2)17(14,15)16)13-9(5-11)10(6)12/h3,7H,4,12H2,1-2H3,(H,14,15,16). The first kappa shape index (κ1) is 13.4. The molecule has 1 aromatic rings. The topological polar surface area (TPSA) is 117 Å². The van der Waals surface area contributed by atoms with E-state index in [2.05, 4.69) is 4.98 Å². The molecule has 0 fully saturated rings. The average molecular weight is 255 g/mol. The highest BCUT2D eigenvalue weighted by atomic mass is 32.2. The van der Waals surface area contributed by atoms with Crippen LogP contribution in [0.1, 0.15) is 23.9 Å². The van der Waals surface area contributed by atoms with Crippen molar-refractivity contribution in [1.29, 1.82) is 5.26 Å². The fourth-order valence-electron chi connectivity index (χ4n) is 1.34. The number of rotatable bonds is 3. The molecule has 7 heteroatoms. The largest absolute Gasteiger partial charge is 0.396 e. The van der Waals surface area contributed by atoms with Gasteiger partial charge in [-0.1, -0.05) is 0 Å². The maximum Gasteiger partial charge on any atom is 0.267 e. The lowest BCUT2D eigenvalue weighted by atomic mass is 10.1. The Hall–Kier alpha value is -1.65. The van der Waals surface area contributed by atoms with E-state index in [-0.39, 0.29) is 17.8 Å². The molecule has 0 amide bonds. The molecule has 0 aromatic carbocycles. The van der Waals surface area contributed by atoms with Crippen molar-refractivity contribution in [3.63, 3.8) is 0 Å². The fraction of sp³-hybridized carbons (Fsp3) is 0.400. The third-order valence-corrected chi connectivity index (χ3v) is 3.61. The minimum atomic E-state index is -4.10. The summed E-state index contributed by atoms with van der Waals surface area (Å²) in [6.07, 6.45) is 0.0363. The SMILES string of the molecule is Cc1cc(CC(C)S(=O)(=O)O)nc(C#N)c1N. The van der Waals surface area contributed by atoms with Crippen LogP contribution in [-0.4, -0.2) is 23.2 Å². The Morgan fingerprint density at radius 3 is 2.71 bits per heavy atom. The van der Waals surface area contributed by atoms with Crippen LogP contribution in [0, 0.1) is 18.3 Å². The first-order chi connectivity index (χ1) is 7.75. The van der Waals surface area contributed by atoms with E-state index in [1.165, 1.54) is 6.92 Å². The van der Waals surface area contributed by atoms with Crippen LogP contribution in [0.15, 0.2) is 6.07 Å². The summed E-state index contributed by atoms with van der Waals surface area (Å²) in [4.78, 5) is 3.94. The number of nitrogen functional groups attached to an aromatic ring is 1. The molecule has 0 aliphatic carbocycles. The Labute approximate surface area is 99.8 Å². The van der Waals surface area contributed by atoms with Crippen molar-refractivity contribution in [2.24, 2.45) is 0 Å². The molecule has 0 aliphatic heterocycles. The second kappa shape index (κ2) is 4.69. The van der Waals surface area contributed by atoms with Gasteiger partial charge >= 0.3 is 0 Å². The van der Waals surface area contributed by atoms with Gasteiger partial charge in [-0.25, -0.2) is 4.98 Å². The molecule has 0 saturated heterocycles. The molecule has 0 radical (unpaired) electrons. The predicted molar refractivity (Wildman–Crippen MR) is 62.8 cm³/mol. The zero-order valence-electron chi connectivity index (χ0n) is 9.51. The minimum Gasteiger partial charge on any atom is -0.396 e. The third kappa shape index (κ3) is 3.15. The second-order valence-corrected chi connectivity index (χ2v) is 5.67. The van der Waals surface area contributed by atoms with Crippen molar-refractivity contribution in [2.45, 2.75) is 25.5 Å². The van der Waals surface area contributed by atoms with Gasteiger partial charge in [0, 0.05) is 12.1 Å². The molecule has 1 unspecified atom stereocenters. The summed E-state index contributed by atoms with van der Waals surface area (Å²) in [6, 6.07) is 3.45. The normalized spacial score (nSPS) is 13.1. The second-order valence-electron chi connectivity index (χ2n) is 3.83. The number of pyridine rings is 1. The van der Waals surface area contributed by atoms with E-state index >= 15 is 0 Å². The van der Waals surface area contributed by atoms with Gasteiger partial charge in [0.25, 0.3) is 10.1 Å². The lowest BCUT2D eigenvalue weighted by molar-refractivity contribution is 0.469. The van der Waals surface area contributed by atoms with Crippen LogP contribution >= 0.6 is 0 Å². The quantitative estimate of drug-likeness (QED) is 0.766. The highest BCUT2D eigenvalue weighted by Gasteiger charge is 2.19. The Morgan fingerprint density at radius 1 is 1.65 bits per heavy atom. The maximum absolute atomic E-state index is 10.9. The molecular weight excluding hydrogens is 242 g/mol. The van der Waals surface area contributed by atoms with Crippen LogP contribution < -0.4 is 5.73 Å². The summed E-state index contributed by atoms with van der Waals surface area (Å²) in [5, 5.41) is 7.83. The smallest absolute Gasteiger partial charge is 0.267 e. The van der Waals surface area contributed by atoms with Crippen molar-refractivity contribution < 1.29 is 13.0 Å². The molecule has 1 heterocycles. The molecule has 1 rings (SSSR count). The van der Waals surface area contributed by atoms with Crippen molar-refractivity contribution in [2.75, 3.05) is 5.73 Å². The van der Waals surface area contributed by atoms with Crippen LogP contribution in [0.5, 0.6) is 0 Å². The first-order valence-electron chi connectivity index (χ1n) is 4.88. The highest BCUT2D eigenvalue weighted by Crippen LogP contribution is 2.17. The van der Waals surface area contributed by atoms with Crippen molar-refractivity contribution in [1.82, 2.24) is 4.98 Å². The number of aryl methyl sites for hydroxylation is 1. The van der Waals surface area contributed by atoms with E-state index in [1.807, 2.05) is 6.07 Å². The monoisotopic (exact) mass is 255 g/mol. The van der Waals surface area contributed by atoms with Crippen LogP contribution in [0.4, 0.5) is 5.69 Å². The van der Waals surface area contributed by atoms with E-state index in [4.69, 9.17) is 15.5 Å². The Bertz CT molecular complexity index is 575. The van der Waals surface area contributed by atoms with Gasteiger partial charge in [-0.2, -0.15) is 13.7 Å². The Kier molecular flexibility index (Phi) is 3.70. The molecule has 17 heavy (non-hydrogen) atoms. The van der Waals surface area contributed by atoms with Crippen LogP contribution in [0.25, 0.3) is 0 Å². The number of hydrogen-bond acceptors (Lipinski definition) is 5. The third-order valence-electron chi connectivity index (χ3n) is 2.43. The summed E-state index contributed by atoms with van der Waals surface area (Å²) in [5.41, 5.74) is 7.06. The lowest BCUT2D eigenvalue weighted by Gasteiger charge is -2.09. The number of nitriles is 1. The van der Waals surface area contributed by atoms with E-state index in [0.29, 0.717) is 11.3 Å². The molecule has 6 nitrogen and oxygen atoms in total. The zero-order valence-corrected chi connectivity index (χ0v) is 10.3. The molecule has 3 N–H and O–H groups in total. The minimum absolute atomic E-state index is 0.0363. The van der Waals surface area contributed by atoms with Crippen molar-refractivity contribution >= 4 is 15.8 Å². The van der Waals surface area contributed by atoms with E-state index < -0.39 is 15.4 Å². The number of anilines is 1. The van der Waals surface area contributed by atoms with E-state index in [0.717, 1.165) is 0 Å². The highest BCUT2D eigenvalue weighted by molar-refractivity contribution is 7.86. The number of aromatic nitrogens is 1. The maximum atomic E-state index is 10.9.